The molecule has 0 aromatic rings. The standard InChI is InChI=1S/C10H12O5/c1-3-7-14-10(4-2)15-9(13)6-5-8(11)12/h3-6,10H,1-2,7H2,(H,11,12)/b6-5-. The van der Waals surface area contributed by atoms with E-state index in [1.54, 1.807) is 0 Å². The predicted molar refractivity (Wildman–Crippen MR) is 53.0 cm³/mol. The van der Waals surface area contributed by atoms with Crippen molar-refractivity contribution in [1.82, 2.24) is 0 Å². The number of ether oxygens (including phenoxy) is 2. The minimum Gasteiger partial charge on any atom is -0.478 e. The van der Waals surface area contributed by atoms with E-state index in [2.05, 4.69) is 17.9 Å². The van der Waals surface area contributed by atoms with E-state index in [1.807, 2.05) is 0 Å². The molecule has 15 heavy (non-hydrogen) atoms. The van der Waals surface area contributed by atoms with Crippen LogP contribution in [0.15, 0.2) is 37.5 Å². The monoisotopic (exact) mass is 212 g/mol. The molecule has 5 heteroatoms. The van der Waals surface area contributed by atoms with Gasteiger partial charge in [-0.1, -0.05) is 12.7 Å². The molecule has 1 unspecified atom stereocenters. The molecule has 0 bridgehead atoms. The van der Waals surface area contributed by atoms with Crippen LogP contribution in [-0.4, -0.2) is 29.9 Å². The van der Waals surface area contributed by atoms with E-state index in [0.717, 1.165) is 6.08 Å². The lowest BCUT2D eigenvalue weighted by Gasteiger charge is -2.11. The molecule has 1 N–H and O–H groups in total. The Morgan fingerprint density at radius 2 is 2.00 bits per heavy atom. The fraction of sp³-hybridized carbons (Fsp3) is 0.200. The van der Waals surface area contributed by atoms with Crippen LogP contribution in [0.2, 0.25) is 0 Å². The number of carbonyl (C=O) groups excluding carboxylic acids is 1. The number of hydrogen-bond acceptors (Lipinski definition) is 4. The van der Waals surface area contributed by atoms with Gasteiger partial charge in [-0.25, -0.2) is 9.59 Å². The van der Waals surface area contributed by atoms with E-state index in [9.17, 15) is 9.59 Å². The van der Waals surface area contributed by atoms with Crippen LogP contribution >= 0.6 is 0 Å². The number of carbonyl (C=O) groups is 2. The van der Waals surface area contributed by atoms with Crippen LogP contribution in [0.3, 0.4) is 0 Å². The van der Waals surface area contributed by atoms with Crippen molar-refractivity contribution in [3.8, 4) is 0 Å². The minimum atomic E-state index is -1.23. The van der Waals surface area contributed by atoms with Crippen LogP contribution in [0.4, 0.5) is 0 Å². The fourth-order valence-electron chi connectivity index (χ4n) is 0.606. The maximum atomic E-state index is 11.0. The number of esters is 1. The molecule has 0 aliphatic carbocycles. The zero-order valence-corrected chi connectivity index (χ0v) is 8.09. The summed E-state index contributed by atoms with van der Waals surface area (Å²) in [7, 11) is 0. The van der Waals surface area contributed by atoms with Crippen LogP contribution in [0.5, 0.6) is 0 Å². The van der Waals surface area contributed by atoms with Crippen LogP contribution in [0.1, 0.15) is 0 Å². The van der Waals surface area contributed by atoms with Crippen LogP contribution in [0.25, 0.3) is 0 Å². The first-order chi connectivity index (χ1) is 7.10. The highest BCUT2D eigenvalue weighted by Crippen LogP contribution is 1.97. The number of rotatable bonds is 7. The third-order valence-corrected chi connectivity index (χ3v) is 1.17. The highest BCUT2D eigenvalue weighted by Gasteiger charge is 2.07. The molecule has 0 aliphatic rings. The molecule has 1 atom stereocenters. The number of carboxylic acid groups (broad SMARTS) is 1. The Morgan fingerprint density at radius 1 is 1.33 bits per heavy atom. The highest BCUT2D eigenvalue weighted by atomic mass is 16.7. The second-order valence-corrected chi connectivity index (χ2v) is 2.33. The van der Waals surface area contributed by atoms with Gasteiger partial charge >= 0.3 is 11.9 Å². The minimum absolute atomic E-state index is 0.201. The third-order valence-electron chi connectivity index (χ3n) is 1.17. The summed E-state index contributed by atoms with van der Waals surface area (Å²) in [5, 5.41) is 8.24. The van der Waals surface area contributed by atoms with E-state index >= 15 is 0 Å². The van der Waals surface area contributed by atoms with E-state index in [1.165, 1.54) is 12.2 Å². The third kappa shape index (κ3) is 7.21. The molecule has 0 saturated heterocycles. The number of hydrogen-bond donors (Lipinski definition) is 1. The van der Waals surface area contributed by atoms with Crippen molar-refractivity contribution in [2.24, 2.45) is 0 Å². The maximum absolute atomic E-state index is 11.0. The average molecular weight is 212 g/mol. The molecule has 0 aliphatic heterocycles. The summed E-state index contributed by atoms with van der Waals surface area (Å²) >= 11 is 0. The normalized spacial score (nSPS) is 12.0. The van der Waals surface area contributed by atoms with E-state index in [-0.39, 0.29) is 6.61 Å². The molecule has 5 nitrogen and oxygen atoms in total. The summed E-state index contributed by atoms with van der Waals surface area (Å²) in [4.78, 5) is 21.0. The topological polar surface area (TPSA) is 72.8 Å². The Kier molecular flexibility index (Phi) is 6.57. The summed E-state index contributed by atoms with van der Waals surface area (Å²) in [6.07, 6.45) is 3.31. The molecular formula is C10H12O5. The van der Waals surface area contributed by atoms with Crippen LogP contribution in [-0.2, 0) is 19.1 Å². The SMILES string of the molecule is C=CCOC(C=C)OC(=O)/C=C\C(=O)O. The summed E-state index contributed by atoms with van der Waals surface area (Å²) in [5.41, 5.74) is 0. The Labute approximate surface area is 87.3 Å². The number of aliphatic carboxylic acids is 1. The molecule has 0 heterocycles. The van der Waals surface area contributed by atoms with E-state index in [4.69, 9.17) is 9.84 Å². The van der Waals surface area contributed by atoms with Gasteiger partial charge in [0.25, 0.3) is 0 Å². The van der Waals surface area contributed by atoms with Gasteiger partial charge in [0.15, 0.2) is 0 Å². The molecule has 0 rings (SSSR count). The first-order valence-corrected chi connectivity index (χ1v) is 4.06. The molecule has 0 aromatic heterocycles. The average Bonchev–Trinajstić information content (AvgIpc) is 2.21. The lowest BCUT2D eigenvalue weighted by atomic mass is 10.5. The largest absolute Gasteiger partial charge is 0.478 e. The zero-order valence-electron chi connectivity index (χ0n) is 8.09. The van der Waals surface area contributed by atoms with Crippen molar-refractivity contribution in [1.29, 1.82) is 0 Å². The van der Waals surface area contributed by atoms with Gasteiger partial charge in [-0.2, -0.15) is 0 Å². The molecule has 0 fully saturated rings. The zero-order chi connectivity index (χ0) is 11.7. The van der Waals surface area contributed by atoms with E-state index < -0.39 is 18.2 Å². The molecule has 0 radical (unpaired) electrons. The first-order valence-electron chi connectivity index (χ1n) is 4.06. The van der Waals surface area contributed by atoms with Gasteiger partial charge in [0.1, 0.15) is 0 Å². The van der Waals surface area contributed by atoms with Gasteiger partial charge in [0.05, 0.1) is 6.61 Å². The Morgan fingerprint density at radius 3 is 2.47 bits per heavy atom. The second kappa shape index (κ2) is 7.52. The Balaban J connectivity index is 4.06. The lowest BCUT2D eigenvalue weighted by molar-refractivity contribution is -0.161. The molecule has 0 spiro atoms. The predicted octanol–water partition coefficient (Wildman–Crippen LogP) is 0.885. The maximum Gasteiger partial charge on any atom is 0.333 e. The van der Waals surface area contributed by atoms with Gasteiger partial charge in [-0.05, 0) is 6.08 Å². The van der Waals surface area contributed by atoms with Crippen molar-refractivity contribution in [3.63, 3.8) is 0 Å². The number of carboxylic acids is 1. The van der Waals surface area contributed by atoms with Crippen molar-refractivity contribution < 1.29 is 24.2 Å². The van der Waals surface area contributed by atoms with Gasteiger partial charge in [-0.3, -0.25) is 0 Å². The van der Waals surface area contributed by atoms with Crippen molar-refractivity contribution >= 4 is 11.9 Å². The quantitative estimate of drug-likeness (QED) is 0.293. The Hall–Kier alpha value is -1.88. The molecule has 0 aromatic carbocycles. The summed E-state index contributed by atoms with van der Waals surface area (Å²) < 4.78 is 9.63. The molecule has 0 amide bonds. The summed E-state index contributed by atoms with van der Waals surface area (Å²) in [5.74, 6) is -2.04. The smallest absolute Gasteiger partial charge is 0.333 e. The molecule has 0 saturated carbocycles. The van der Waals surface area contributed by atoms with Crippen LogP contribution in [0, 0.1) is 0 Å². The van der Waals surface area contributed by atoms with Crippen LogP contribution < -0.4 is 0 Å². The highest BCUT2D eigenvalue weighted by molar-refractivity contribution is 5.90. The van der Waals surface area contributed by atoms with E-state index in [0.29, 0.717) is 6.08 Å². The fourth-order valence-corrected chi connectivity index (χ4v) is 0.606. The molecule has 82 valence electrons. The van der Waals surface area contributed by atoms with Crippen molar-refractivity contribution in [3.05, 3.63) is 37.5 Å². The van der Waals surface area contributed by atoms with Crippen molar-refractivity contribution in [2.75, 3.05) is 6.61 Å². The van der Waals surface area contributed by atoms with Crippen molar-refractivity contribution in [2.45, 2.75) is 6.29 Å². The lowest BCUT2D eigenvalue weighted by Crippen LogP contribution is -2.18. The molecular weight excluding hydrogens is 200 g/mol. The summed E-state index contributed by atoms with van der Waals surface area (Å²) in [6, 6.07) is 0. The summed E-state index contributed by atoms with van der Waals surface area (Å²) in [6.45, 7) is 7.00. The van der Waals surface area contributed by atoms with Gasteiger partial charge in [0, 0.05) is 12.2 Å². The first kappa shape index (κ1) is 13.1. The second-order valence-electron chi connectivity index (χ2n) is 2.33. The van der Waals surface area contributed by atoms with Gasteiger partial charge in [0.2, 0.25) is 6.29 Å². The van der Waals surface area contributed by atoms with Gasteiger partial charge in [-0.15, -0.1) is 6.58 Å². The Bertz CT molecular complexity index is 280. The van der Waals surface area contributed by atoms with Gasteiger partial charge < -0.3 is 14.6 Å².